The fourth-order valence-corrected chi connectivity index (χ4v) is 17.0. The van der Waals surface area contributed by atoms with Crippen LogP contribution < -0.4 is 21.8 Å². The molecule has 0 aliphatic carbocycles. The minimum Gasteiger partial charge on any atom is -0.423 e. The highest BCUT2D eigenvalue weighted by molar-refractivity contribution is 9.11. The summed E-state index contributed by atoms with van der Waals surface area (Å²) >= 11 is 13.1. The number of carbonyl (C=O) groups is 1. The lowest BCUT2D eigenvalue weighted by Gasteiger charge is -2.23. The number of rotatable bonds is 23. The van der Waals surface area contributed by atoms with Gasteiger partial charge in [-0.25, -0.2) is 42.1 Å². The molecular formula is C69H89BBr2Cl2N4O13S9. The maximum absolute atomic E-state index is 13.2. The zero-order chi connectivity index (χ0) is 74.3. The number of thiophene rings is 4. The van der Waals surface area contributed by atoms with Crippen LogP contribution in [0.25, 0.3) is 20.9 Å². The molecular weight excluding hydrogens is 1620 g/mol. The Morgan fingerprint density at radius 1 is 0.490 bits per heavy atom. The number of nitrogens with zero attached hydrogens (tertiary/aromatic N) is 1. The van der Waals surface area contributed by atoms with E-state index in [-0.39, 0.29) is 49.9 Å². The minimum absolute atomic E-state index is 0. The van der Waals surface area contributed by atoms with Crippen LogP contribution in [0.3, 0.4) is 0 Å². The lowest BCUT2D eigenvalue weighted by atomic mass is 9.80. The number of carbonyl (C=O) groups excluding carboxylic acids is 1. The summed E-state index contributed by atoms with van der Waals surface area (Å²) < 4.78 is 120. The summed E-state index contributed by atoms with van der Waals surface area (Å²) in [6.45, 7) is 22.4. The maximum atomic E-state index is 13.2. The normalized spacial score (nSPS) is 11.4. The van der Waals surface area contributed by atoms with E-state index in [2.05, 4.69) is 108 Å². The fourth-order valence-electron chi connectivity index (χ4n) is 7.87. The van der Waals surface area contributed by atoms with E-state index >= 15 is 0 Å². The van der Waals surface area contributed by atoms with Crippen LogP contribution in [0, 0.1) is 23.7 Å². The van der Waals surface area contributed by atoms with Gasteiger partial charge in [0.15, 0.2) is 35.8 Å². The number of halogens is 4. The SMILES string of the molecule is CC(C)CN.CC(C)CN(Cc1ccc(-c2cccc(S(C)(=O)=O)c2)s1)S(=O)(=O)c1ccccc1.CC(C)CNCc1ccc(-c2cccc(S(C)(=O)=O)c2)s1.CC(C)CNCc1ccc(Br)s1.CS(=O)(=O)c1cccc(B(O)O)c1.Cl.O=Cc1ccc(Br)s1.O=S(=O)(Cl)c1ccccc1. The van der Waals surface area contributed by atoms with Crippen molar-refractivity contribution >= 4 is 168 Å². The molecule has 0 unspecified atom stereocenters. The zero-order valence-electron chi connectivity index (χ0n) is 57.4. The molecule has 31 heteroatoms. The molecule has 0 atom stereocenters. The summed E-state index contributed by atoms with van der Waals surface area (Å²) in [6, 6.07) is 51.6. The van der Waals surface area contributed by atoms with Crippen molar-refractivity contribution in [3.63, 3.8) is 0 Å². The largest absolute Gasteiger partial charge is 0.488 e. The molecule has 9 aromatic rings. The topological polar surface area (TPSA) is 282 Å². The van der Waals surface area contributed by atoms with Gasteiger partial charge in [0.1, 0.15) is 0 Å². The van der Waals surface area contributed by atoms with Crippen molar-refractivity contribution in [3.05, 3.63) is 209 Å². The van der Waals surface area contributed by atoms with E-state index < -0.39 is 55.7 Å². The van der Waals surface area contributed by atoms with Crippen LogP contribution >= 0.6 is 100 Å². The predicted molar refractivity (Wildman–Crippen MR) is 427 cm³/mol. The van der Waals surface area contributed by atoms with Gasteiger partial charge in [-0.2, -0.15) is 4.31 Å². The van der Waals surface area contributed by atoms with Crippen molar-refractivity contribution < 1.29 is 56.9 Å². The van der Waals surface area contributed by atoms with E-state index in [9.17, 15) is 46.9 Å². The number of hydrogen-bond acceptors (Lipinski definition) is 20. The Morgan fingerprint density at radius 3 is 1.24 bits per heavy atom. The first-order valence-electron chi connectivity index (χ1n) is 30.8. The van der Waals surface area contributed by atoms with Crippen molar-refractivity contribution in [2.75, 3.05) is 44.9 Å². The van der Waals surface area contributed by atoms with Crippen molar-refractivity contribution in [1.82, 2.24) is 14.9 Å². The van der Waals surface area contributed by atoms with Crippen molar-refractivity contribution in [2.45, 2.75) is 99.5 Å². The Balaban J connectivity index is 0.000000425. The van der Waals surface area contributed by atoms with Gasteiger partial charge in [-0.15, -0.1) is 57.8 Å². The molecule has 548 valence electrons. The lowest BCUT2D eigenvalue weighted by Crippen LogP contribution is -2.33. The highest BCUT2D eigenvalue weighted by Crippen LogP contribution is 2.33. The van der Waals surface area contributed by atoms with Crippen LogP contribution in [0.2, 0.25) is 0 Å². The number of nitrogens with one attached hydrogen (secondary N) is 2. The second-order valence-electron chi connectivity index (χ2n) is 23.8. The molecule has 0 bridgehead atoms. The van der Waals surface area contributed by atoms with Gasteiger partial charge in [0.25, 0.3) is 9.05 Å². The summed E-state index contributed by atoms with van der Waals surface area (Å²) in [4.78, 5) is 17.5. The molecule has 0 saturated carbocycles. The molecule has 0 spiro atoms. The quantitative estimate of drug-likeness (QED) is 0.0226. The third-order valence-corrected chi connectivity index (χ3v) is 24.8. The Kier molecular flexibility index (Phi) is 41.4. The second-order valence-corrected chi connectivity index (χ2v) is 41.7. The van der Waals surface area contributed by atoms with E-state index in [1.807, 2.05) is 44.2 Å². The van der Waals surface area contributed by atoms with E-state index in [4.69, 9.17) is 26.5 Å². The first kappa shape index (κ1) is 91.8. The molecule has 100 heavy (non-hydrogen) atoms. The average molecular weight is 1710 g/mol. The second kappa shape index (κ2) is 45.1. The van der Waals surface area contributed by atoms with E-state index in [0.29, 0.717) is 23.3 Å². The first-order chi connectivity index (χ1) is 46.2. The number of sulfone groups is 3. The highest BCUT2D eigenvalue weighted by atomic mass is 79.9. The van der Waals surface area contributed by atoms with Crippen molar-refractivity contribution in [1.29, 1.82) is 0 Å². The number of aldehydes is 1. The van der Waals surface area contributed by atoms with Crippen LogP contribution in [-0.4, -0.2) is 115 Å². The Bertz CT molecular complexity index is 4480. The van der Waals surface area contributed by atoms with E-state index in [1.165, 1.54) is 89.4 Å². The molecule has 17 nitrogen and oxygen atoms in total. The van der Waals surface area contributed by atoms with Gasteiger partial charge in [-0.1, -0.05) is 128 Å². The average Bonchev–Trinajstić information content (AvgIpc) is 1.43. The number of benzene rings is 5. The van der Waals surface area contributed by atoms with Crippen LogP contribution in [0.4, 0.5) is 0 Å². The molecule has 4 heterocycles. The Labute approximate surface area is 637 Å². The summed E-state index contributed by atoms with van der Waals surface area (Å²) in [5.74, 6) is 2.20. The standard InChI is InChI=1S/C22H25NO4S3.C16H21NO2S2.C9H14BrNS.C7H9BO4S.C6H5ClO2S.C5H3BrOS.C4H11N.ClH/c1-17(2)15-23(30(26,27)20-9-5-4-6-10-20)16-19-12-13-22(28-19)18-8-7-11-21(14-18)29(3,24)25;1-12(2)10-17-11-14-7-8-16(20-14)13-5-4-6-15(9-13)21(3,18)19;1-7(2)5-11-6-8-3-4-9(10)12-8;1-13(11,12)7-4-2-3-6(5-7)8(9)10;7-10(8,9)6-4-2-1-3-5-6;6-5-2-1-4(3-7)8-5;1-4(2)3-5;/h4-14,17H,15-16H2,1-3H3;4-9,12,17H,10-11H2,1-3H3;3-4,7,11H,5-6H2,1-2H3;2-5,9-10H,1H3;1-5H;1-3H;4H,3,5H2,1-2H3;1H. The van der Waals surface area contributed by atoms with Gasteiger partial charge in [-0.3, -0.25) is 4.79 Å². The smallest absolute Gasteiger partial charge is 0.423 e. The van der Waals surface area contributed by atoms with Gasteiger partial charge in [-0.05, 0) is 201 Å². The Morgan fingerprint density at radius 2 is 0.880 bits per heavy atom. The molecule has 9 rings (SSSR count). The van der Waals surface area contributed by atoms with Crippen LogP contribution in [0.15, 0.2) is 214 Å². The summed E-state index contributed by atoms with van der Waals surface area (Å²) in [5.41, 5.74) is 7.10. The van der Waals surface area contributed by atoms with Crippen molar-refractivity contribution in [3.8, 4) is 20.9 Å². The fraction of sp³-hybridized carbons (Fsp3) is 0.319. The van der Waals surface area contributed by atoms with Crippen molar-refractivity contribution in [2.24, 2.45) is 29.4 Å². The summed E-state index contributed by atoms with van der Waals surface area (Å²) in [5, 5.41) is 24.4. The predicted octanol–water partition coefficient (Wildman–Crippen LogP) is 15.2. The molecule has 5 aromatic carbocycles. The third-order valence-electron chi connectivity index (χ3n) is 12.8. The molecule has 0 radical (unpaired) electrons. The monoisotopic (exact) mass is 1710 g/mol. The molecule has 0 aliphatic heterocycles. The van der Waals surface area contributed by atoms with E-state index in [0.717, 1.165) is 85.6 Å². The Hall–Kier alpha value is -4.32. The molecule has 0 amide bonds. The molecule has 6 N–H and O–H groups in total. The minimum atomic E-state index is -3.62. The lowest BCUT2D eigenvalue weighted by molar-refractivity contribution is 0.112. The van der Waals surface area contributed by atoms with Gasteiger partial charge in [0.2, 0.25) is 10.0 Å². The molecule has 4 aromatic heterocycles. The van der Waals surface area contributed by atoms with Crippen LogP contribution in [0.1, 0.15) is 79.7 Å². The van der Waals surface area contributed by atoms with Gasteiger partial charge in [0, 0.05) is 80.0 Å². The number of nitrogens with two attached hydrogens (primary N) is 1. The number of sulfonamides is 1. The first-order valence-corrected chi connectivity index (χ1v) is 45.1. The third kappa shape index (κ3) is 35.9. The molecule has 0 fully saturated rings. The zero-order valence-corrected chi connectivity index (χ0v) is 69.5. The van der Waals surface area contributed by atoms with E-state index in [1.54, 1.807) is 114 Å². The van der Waals surface area contributed by atoms with Gasteiger partial charge < -0.3 is 26.4 Å². The van der Waals surface area contributed by atoms with Crippen LogP contribution in [-0.2, 0) is 68.2 Å². The van der Waals surface area contributed by atoms with Gasteiger partial charge in [0.05, 0.1) is 36.9 Å². The van der Waals surface area contributed by atoms with Crippen LogP contribution in [0.5, 0.6) is 0 Å². The highest BCUT2D eigenvalue weighted by Gasteiger charge is 2.26. The molecule has 0 aliphatic rings. The van der Waals surface area contributed by atoms with Gasteiger partial charge >= 0.3 is 7.12 Å². The summed E-state index contributed by atoms with van der Waals surface area (Å²) in [7, 11) is -13.5. The summed E-state index contributed by atoms with van der Waals surface area (Å²) in [6.07, 6.45) is 4.33. The maximum Gasteiger partial charge on any atom is 0.488 e. The molecule has 0 saturated heterocycles. The number of hydrogen-bond donors (Lipinski definition) is 5.